The molecule has 0 unspecified atom stereocenters. The Morgan fingerprint density at radius 3 is 2.53 bits per heavy atom. The van der Waals surface area contributed by atoms with Gasteiger partial charge in [-0.25, -0.2) is 13.1 Å². The van der Waals surface area contributed by atoms with E-state index in [-0.39, 0.29) is 10.4 Å². The van der Waals surface area contributed by atoms with Crippen LogP contribution in [0.25, 0.3) is 0 Å². The molecule has 0 bridgehead atoms. The summed E-state index contributed by atoms with van der Waals surface area (Å²) in [6.45, 7) is 1.93. The number of anilines is 1. The van der Waals surface area contributed by atoms with E-state index in [1.54, 1.807) is 6.07 Å². The Hall–Kier alpha value is -0.590. The average molecular weight is 319 g/mol. The molecule has 1 aliphatic carbocycles. The summed E-state index contributed by atoms with van der Waals surface area (Å²) < 4.78 is 27.6. The number of hydrogen-bond acceptors (Lipinski definition) is 3. The van der Waals surface area contributed by atoms with Crippen molar-refractivity contribution >= 4 is 31.6 Å². The predicted molar refractivity (Wildman–Crippen MR) is 71.1 cm³/mol. The lowest BCUT2D eigenvalue weighted by Crippen LogP contribution is -2.50. The first-order valence-corrected chi connectivity index (χ1v) is 7.69. The molecule has 1 aromatic carbocycles. The Morgan fingerprint density at radius 1 is 1.41 bits per heavy atom. The third kappa shape index (κ3) is 2.64. The molecule has 4 nitrogen and oxygen atoms in total. The summed E-state index contributed by atoms with van der Waals surface area (Å²) in [6.07, 6.45) is 2.86. The lowest BCUT2D eigenvalue weighted by molar-refractivity contribution is 0.248. The van der Waals surface area contributed by atoms with Gasteiger partial charge in [0.2, 0.25) is 10.0 Å². The van der Waals surface area contributed by atoms with E-state index in [9.17, 15) is 8.42 Å². The van der Waals surface area contributed by atoms with Gasteiger partial charge in [-0.3, -0.25) is 0 Å². The number of sulfonamides is 1. The van der Waals surface area contributed by atoms with E-state index in [1.807, 2.05) is 6.92 Å². The maximum absolute atomic E-state index is 12.1. The van der Waals surface area contributed by atoms with Gasteiger partial charge in [0, 0.05) is 15.7 Å². The molecule has 0 heterocycles. The molecule has 0 spiro atoms. The van der Waals surface area contributed by atoms with Crippen LogP contribution in [0.2, 0.25) is 0 Å². The minimum atomic E-state index is -3.45. The fourth-order valence-corrected chi connectivity index (χ4v) is 3.89. The van der Waals surface area contributed by atoms with E-state index >= 15 is 0 Å². The van der Waals surface area contributed by atoms with Crippen LogP contribution in [-0.4, -0.2) is 14.0 Å². The van der Waals surface area contributed by atoms with Gasteiger partial charge in [0.15, 0.2) is 0 Å². The van der Waals surface area contributed by atoms with Gasteiger partial charge in [0.25, 0.3) is 0 Å². The SMILES string of the molecule is CC1(NS(=O)(=O)c2ccc(N)c(Br)c2)CCC1. The normalized spacial score (nSPS) is 18.7. The third-order valence-electron chi connectivity index (χ3n) is 3.12. The van der Waals surface area contributed by atoms with Crippen molar-refractivity contribution in [3.63, 3.8) is 0 Å². The molecule has 3 N–H and O–H groups in total. The molecule has 94 valence electrons. The Kier molecular flexibility index (Phi) is 3.22. The van der Waals surface area contributed by atoms with Crippen LogP contribution in [0.1, 0.15) is 26.2 Å². The Labute approximate surface area is 110 Å². The molecule has 2 rings (SSSR count). The molecule has 0 amide bonds. The molecule has 0 saturated heterocycles. The third-order valence-corrected chi connectivity index (χ3v) is 5.44. The Morgan fingerprint density at radius 2 is 2.06 bits per heavy atom. The zero-order chi connectivity index (χ0) is 12.7. The number of hydrogen-bond donors (Lipinski definition) is 2. The molecular formula is C11H15BrN2O2S. The molecule has 1 aromatic rings. The molecule has 1 aliphatic rings. The second-order valence-electron chi connectivity index (χ2n) is 4.70. The van der Waals surface area contributed by atoms with Crippen molar-refractivity contribution in [2.75, 3.05) is 5.73 Å². The Bertz CT molecular complexity index is 538. The van der Waals surface area contributed by atoms with Gasteiger partial charge in [-0.1, -0.05) is 0 Å². The number of nitrogens with one attached hydrogen (secondary N) is 1. The lowest BCUT2D eigenvalue weighted by Gasteiger charge is -2.38. The molecule has 6 heteroatoms. The van der Waals surface area contributed by atoms with Gasteiger partial charge in [0.05, 0.1) is 4.90 Å². The average Bonchev–Trinajstić information content (AvgIpc) is 2.19. The van der Waals surface area contributed by atoms with Crippen LogP contribution in [-0.2, 0) is 10.0 Å². The van der Waals surface area contributed by atoms with Gasteiger partial charge < -0.3 is 5.73 Å². The summed E-state index contributed by atoms with van der Waals surface area (Å²) in [5.41, 5.74) is 5.88. The highest BCUT2D eigenvalue weighted by Crippen LogP contribution is 2.33. The van der Waals surface area contributed by atoms with Crippen molar-refractivity contribution in [1.82, 2.24) is 4.72 Å². The predicted octanol–water partition coefficient (Wildman–Crippen LogP) is 2.25. The van der Waals surface area contributed by atoms with Crippen molar-refractivity contribution in [2.45, 2.75) is 36.6 Å². The van der Waals surface area contributed by atoms with E-state index in [0.29, 0.717) is 10.2 Å². The summed E-state index contributed by atoms with van der Waals surface area (Å²) in [6, 6.07) is 4.63. The van der Waals surface area contributed by atoms with Gasteiger partial charge in [-0.2, -0.15) is 0 Å². The largest absolute Gasteiger partial charge is 0.398 e. The van der Waals surface area contributed by atoms with Crippen molar-refractivity contribution in [3.05, 3.63) is 22.7 Å². The molecule has 1 saturated carbocycles. The van der Waals surface area contributed by atoms with Crippen LogP contribution in [0.4, 0.5) is 5.69 Å². The molecule has 0 radical (unpaired) electrons. The highest BCUT2D eigenvalue weighted by molar-refractivity contribution is 9.10. The molecule has 0 aromatic heterocycles. The van der Waals surface area contributed by atoms with E-state index in [0.717, 1.165) is 19.3 Å². The van der Waals surface area contributed by atoms with Crippen LogP contribution in [0.15, 0.2) is 27.6 Å². The zero-order valence-corrected chi connectivity index (χ0v) is 11.9. The minimum absolute atomic E-state index is 0.242. The number of benzene rings is 1. The molecule has 0 atom stereocenters. The van der Waals surface area contributed by atoms with Gasteiger partial charge in [0.1, 0.15) is 0 Å². The Balaban J connectivity index is 2.28. The first kappa shape index (κ1) is 12.9. The smallest absolute Gasteiger partial charge is 0.241 e. The summed E-state index contributed by atoms with van der Waals surface area (Å²) in [7, 11) is -3.45. The zero-order valence-electron chi connectivity index (χ0n) is 9.53. The van der Waals surface area contributed by atoms with Crippen molar-refractivity contribution in [1.29, 1.82) is 0 Å². The summed E-state index contributed by atoms with van der Waals surface area (Å²) in [5.74, 6) is 0. The first-order valence-electron chi connectivity index (χ1n) is 5.41. The maximum Gasteiger partial charge on any atom is 0.241 e. The number of nitrogens with two attached hydrogens (primary N) is 1. The summed E-state index contributed by atoms with van der Waals surface area (Å²) in [5, 5.41) is 0. The standard InChI is InChI=1S/C11H15BrN2O2S/c1-11(5-2-6-11)14-17(15,16)8-3-4-10(13)9(12)7-8/h3-4,7,14H,2,5-6,13H2,1H3. The van der Waals surface area contributed by atoms with Gasteiger partial charge in [-0.05, 0) is 60.3 Å². The topological polar surface area (TPSA) is 72.2 Å². The molecule has 17 heavy (non-hydrogen) atoms. The van der Waals surface area contributed by atoms with E-state index in [1.165, 1.54) is 12.1 Å². The fraction of sp³-hybridized carbons (Fsp3) is 0.455. The van der Waals surface area contributed by atoms with E-state index < -0.39 is 10.0 Å². The summed E-state index contributed by atoms with van der Waals surface area (Å²) in [4.78, 5) is 0.242. The molecule has 1 fully saturated rings. The van der Waals surface area contributed by atoms with Crippen molar-refractivity contribution in [2.24, 2.45) is 0 Å². The lowest BCUT2D eigenvalue weighted by atomic mass is 9.80. The van der Waals surface area contributed by atoms with Crippen LogP contribution in [0.5, 0.6) is 0 Å². The highest BCUT2D eigenvalue weighted by Gasteiger charge is 2.36. The number of nitrogen functional groups attached to an aromatic ring is 1. The maximum atomic E-state index is 12.1. The molecule has 0 aliphatic heterocycles. The second-order valence-corrected chi connectivity index (χ2v) is 7.24. The quantitative estimate of drug-likeness (QED) is 0.840. The second kappa shape index (κ2) is 4.26. The van der Waals surface area contributed by atoms with Crippen LogP contribution in [0.3, 0.4) is 0 Å². The highest BCUT2D eigenvalue weighted by atomic mass is 79.9. The molecular weight excluding hydrogens is 304 g/mol. The monoisotopic (exact) mass is 318 g/mol. The van der Waals surface area contributed by atoms with Crippen LogP contribution < -0.4 is 10.5 Å². The fourth-order valence-electron chi connectivity index (χ4n) is 1.87. The van der Waals surface area contributed by atoms with Crippen LogP contribution >= 0.6 is 15.9 Å². The van der Waals surface area contributed by atoms with Gasteiger partial charge >= 0.3 is 0 Å². The minimum Gasteiger partial charge on any atom is -0.398 e. The van der Waals surface area contributed by atoms with E-state index in [2.05, 4.69) is 20.7 Å². The van der Waals surface area contributed by atoms with Gasteiger partial charge in [-0.15, -0.1) is 0 Å². The van der Waals surface area contributed by atoms with E-state index in [4.69, 9.17) is 5.73 Å². The number of rotatable bonds is 3. The van der Waals surface area contributed by atoms with Crippen molar-refractivity contribution < 1.29 is 8.42 Å². The number of halogens is 1. The van der Waals surface area contributed by atoms with Crippen LogP contribution in [0, 0.1) is 0 Å². The first-order chi connectivity index (χ1) is 7.82. The summed E-state index contributed by atoms with van der Waals surface area (Å²) >= 11 is 3.23. The van der Waals surface area contributed by atoms with Crippen molar-refractivity contribution in [3.8, 4) is 0 Å².